The molecule has 5 nitrogen and oxygen atoms in total. The van der Waals surface area contributed by atoms with Crippen molar-refractivity contribution in [3.8, 4) is 11.5 Å². The van der Waals surface area contributed by atoms with Gasteiger partial charge in [0.2, 0.25) is 0 Å². The molecule has 1 aliphatic rings. The molecule has 1 saturated heterocycles. The van der Waals surface area contributed by atoms with E-state index in [2.05, 4.69) is 32.9 Å². The first-order chi connectivity index (χ1) is 16.0. The van der Waals surface area contributed by atoms with Crippen molar-refractivity contribution in [1.29, 1.82) is 0 Å². The van der Waals surface area contributed by atoms with Gasteiger partial charge < -0.3 is 24.4 Å². The van der Waals surface area contributed by atoms with E-state index in [9.17, 15) is 10.2 Å². The topological polar surface area (TPSA) is 68.2 Å². The van der Waals surface area contributed by atoms with Gasteiger partial charge in [-0.15, -0.1) is 0 Å². The van der Waals surface area contributed by atoms with E-state index in [0.717, 1.165) is 47.5 Å². The first-order valence-corrected chi connectivity index (χ1v) is 12.2. The van der Waals surface area contributed by atoms with E-state index in [4.69, 9.17) is 14.2 Å². The molecule has 0 aliphatic carbocycles. The molecule has 34 heavy (non-hydrogen) atoms. The van der Waals surface area contributed by atoms with E-state index in [1.807, 2.05) is 39.0 Å². The maximum absolute atomic E-state index is 10.6. The molecule has 1 fully saturated rings. The summed E-state index contributed by atoms with van der Waals surface area (Å²) in [4.78, 5) is 0. The normalized spacial score (nSPS) is 22.1. The number of hydrogen-bond donors (Lipinski definition) is 2. The van der Waals surface area contributed by atoms with E-state index < -0.39 is 17.8 Å². The lowest BCUT2D eigenvalue weighted by atomic mass is 9.98. The molecule has 1 aromatic carbocycles. The van der Waals surface area contributed by atoms with Gasteiger partial charge in [0, 0.05) is 12.0 Å². The second kappa shape index (κ2) is 12.6. The van der Waals surface area contributed by atoms with Gasteiger partial charge in [0.1, 0.15) is 11.5 Å². The lowest BCUT2D eigenvalue weighted by Crippen LogP contribution is -2.31. The van der Waals surface area contributed by atoms with Crippen LogP contribution < -0.4 is 9.47 Å². The van der Waals surface area contributed by atoms with Crippen molar-refractivity contribution >= 4 is 0 Å². The number of methoxy groups -OCH3 is 2. The fourth-order valence-corrected chi connectivity index (χ4v) is 4.46. The van der Waals surface area contributed by atoms with E-state index in [1.54, 1.807) is 14.2 Å². The number of allylic oxidation sites excluding steroid dienone is 3. The van der Waals surface area contributed by atoms with E-state index in [1.165, 1.54) is 11.1 Å². The Bertz CT molecular complexity index is 909. The van der Waals surface area contributed by atoms with Gasteiger partial charge in [-0.05, 0) is 90.5 Å². The zero-order chi connectivity index (χ0) is 25.5. The SMILES string of the molecule is COc1cc(C)c(OC)c(C/C=C(\C)C[C@@H](O)/C=C(\C)CC/C=C(\C)[C@@H]2C[C@H](O)C(C)(C)O2)c1. The maximum Gasteiger partial charge on any atom is 0.125 e. The third-order valence-corrected chi connectivity index (χ3v) is 6.64. The van der Waals surface area contributed by atoms with Gasteiger partial charge in [0.15, 0.2) is 0 Å². The molecule has 1 heterocycles. The summed E-state index contributed by atoms with van der Waals surface area (Å²) < 4.78 is 17.0. The molecule has 0 spiro atoms. The van der Waals surface area contributed by atoms with Crippen molar-refractivity contribution in [2.24, 2.45) is 0 Å². The van der Waals surface area contributed by atoms with Crippen molar-refractivity contribution < 1.29 is 24.4 Å². The fourth-order valence-electron chi connectivity index (χ4n) is 4.46. The monoisotopic (exact) mass is 472 g/mol. The Morgan fingerprint density at radius 1 is 1.15 bits per heavy atom. The first kappa shape index (κ1) is 28.2. The predicted molar refractivity (Wildman–Crippen MR) is 139 cm³/mol. The molecule has 1 aliphatic heterocycles. The van der Waals surface area contributed by atoms with Crippen LogP contribution in [0, 0.1) is 6.92 Å². The minimum atomic E-state index is -0.510. The summed E-state index contributed by atoms with van der Waals surface area (Å²) in [6, 6.07) is 3.97. The highest BCUT2D eigenvalue weighted by Crippen LogP contribution is 2.33. The summed E-state index contributed by atoms with van der Waals surface area (Å²) in [5, 5.41) is 20.7. The van der Waals surface area contributed by atoms with Crippen molar-refractivity contribution in [3.05, 3.63) is 58.2 Å². The van der Waals surface area contributed by atoms with E-state index in [-0.39, 0.29) is 6.10 Å². The van der Waals surface area contributed by atoms with Crippen LogP contribution in [0.5, 0.6) is 11.5 Å². The molecule has 1 aromatic rings. The van der Waals surface area contributed by atoms with Gasteiger partial charge in [-0.3, -0.25) is 0 Å². The summed E-state index contributed by atoms with van der Waals surface area (Å²) >= 11 is 0. The Balaban J connectivity index is 1.88. The Labute approximate surface area is 206 Å². The molecule has 3 atom stereocenters. The fraction of sp³-hybridized carbons (Fsp3) is 0.586. The molecular weight excluding hydrogens is 428 g/mol. The molecular formula is C29H44O5. The second-order valence-corrected chi connectivity index (χ2v) is 10.1. The summed E-state index contributed by atoms with van der Waals surface area (Å²) in [6.45, 7) is 12.1. The van der Waals surface area contributed by atoms with Crippen LogP contribution in [-0.2, 0) is 11.2 Å². The Kier molecular flexibility index (Phi) is 10.4. The minimum absolute atomic E-state index is 0.0142. The molecule has 0 aromatic heterocycles. The van der Waals surface area contributed by atoms with Crippen LogP contribution in [0.3, 0.4) is 0 Å². The molecule has 0 saturated carbocycles. The van der Waals surface area contributed by atoms with Crippen LogP contribution in [0.2, 0.25) is 0 Å². The Hall–Kier alpha value is -2.08. The number of hydrogen-bond acceptors (Lipinski definition) is 5. The van der Waals surface area contributed by atoms with Crippen molar-refractivity contribution in [2.45, 2.75) is 97.6 Å². The van der Waals surface area contributed by atoms with Crippen LogP contribution in [-0.4, -0.2) is 48.3 Å². The summed E-state index contributed by atoms with van der Waals surface area (Å²) in [5.74, 6) is 1.70. The van der Waals surface area contributed by atoms with Gasteiger partial charge in [0.25, 0.3) is 0 Å². The highest BCUT2D eigenvalue weighted by molar-refractivity contribution is 5.47. The van der Waals surface area contributed by atoms with Crippen molar-refractivity contribution in [3.63, 3.8) is 0 Å². The van der Waals surface area contributed by atoms with Crippen molar-refractivity contribution in [2.75, 3.05) is 14.2 Å². The molecule has 0 radical (unpaired) electrons. The maximum atomic E-state index is 10.6. The van der Waals surface area contributed by atoms with Gasteiger partial charge >= 0.3 is 0 Å². The Morgan fingerprint density at radius 3 is 2.44 bits per heavy atom. The number of aliphatic hydroxyl groups is 2. The first-order valence-electron chi connectivity index (χ1n) is 12.2. The van der Waals surface area contributed by atoms with E-state index >= 15 is 0 Å². The average molecular weight is 473 g/mol. The number of aliphatic hydroxyl groups excluding tert-OH is 2. The standard InChI is InChI=1S/C29H44O5/c1-19(10-9-11-21(3)26-18-27(31)29(5,6)34-26)14-24(30)15-20(2)12-13-23-17-25(32-7)16-22(4)28(23)33-8/h11-12,14,16-17,24,26-27,30-31H,9-10,13,15,18H2,1-8H3/b19-14+,20-12+,21-11+/t24-,26-,27-/m0/s1. The summed E-state index contributed by atoms with van der Waals surface area (Å²) in [6.07, 6.45) is 9.08. The molecule has 0 bridgehead atoms. The lowest BCUT2D eigenvalue weighted by Gasteiger charge is -2.22. The summed E-state index contributed by atoms with van der Waals surface area (Å²) in [5.41, 5.74) is 5.10. The van der Waals surface area contributed by atoms with Crippen LogP contribution >= 0.6 is 0 Å². The smallest absolute Gasteiger partial charge is 0.125 e. The largest absolute Gasteiger partial charge is 0.497 e. The number of aryl methyl sites for hydroxylation is 1. The molecule has 0 unspecified atom stereocenters. The number of benzene rings is 1. The number of ether oxygens (including phenoxy) is 3. The van der Waals surface area contributed by atoms with Gasteiger partial charge in [-0.2, -0.15) is 0 Å². The lowest BCUT2D eigenvalue weighted by molar-refractivity contribution is -0.0472. The second-order valence-electron chi connectivity index (χ2n) is 10.1. The highest BCUT2D eigenvalue weighted by Gasteiger charge is 2.40. The molecule has 5 heteroatoms. The molecule has 2 N–H and O–H groups in total. The van der Waals surface area contributed by atoms with Gasteiger partial charge in [-0.1, -0.05) is 29.4 Å². The van der Waals surface area contributed by atoms with Crippen LogP contribution in [0.15, 0.2) is 47.1 Å². The number of rotatable bonds is 11. The van der Waals surface area contributed by atoms with Gasteiger partial charge in [-0.25, -0.2) is 0 Å². The van der Waals surface area contributed by atoms with Crippen LogP contribution in [0.1, 0.15) is 71.4 Å². The zero-order valence-electron chi connectivity index (χ0n) is 22.3. The third kappa shape index (κ3) is 8.00. The minimum Gasteiger partial charge on any atom is -0.497 e. The third-order valence-electron chi connectivity index (χ3n) is 6.64. The van der Waals surface area contributed by atoms with Crippen LogP contribution in [0.4, 0.5) is 0 Å². The highest BCUT2D eigenvalue weighted by atomic mass is 16.5. The molecule has 0 amide bonds. The summed E-state index contributed by atoms with van der Waals surface area (Å²) in [7, 11) is 3.36. The predicted octanol–water partition coefficient (Wildman–Crippen LogP) is 5.85. The van der Waals surface area contributed by atoms with E-state index in [0.29, 0.717) is 12.8 Å². The zero-order valence-corrected chi connectivity index (χ0v) is 22.3. The Morgan fingerprint density at radius 2 is 1.85 bits per heavy atom. The molecule has 190 valence electrons. The molecule has 2 rings (SSSR count). The quantitative estimate of drug-likeness (QED) is 0.395. The van der Waals surface area contributed by atoms with Crippen molar-refractivity contribution in [1.82, 2.24) is 0 Å². The van der Waals surface area contributed by atoms with Crippen LogP contribution in [0.25, 0.3) is 0 Å². The van der Waals surface area contributed by atoms with Gasteiger partial charge in [0.05, 0.1) is 38.1 Å². The average Bonchev–Trinajstić information content (AvgIpc) is 3.04.